The fourth-order valence-corrected chi connectivity index (χ4v) is 3.37. The molecule has 0 fully saturated rings. The van der Waals surface area contributed by atoms with Gasteiger partial charge in [-0.15, -0.1) is 0 Å². The lowest BCUT2D eigenvalue weighted by Gasteiger charge is -2.26. The maximum absolute atomic E-state index is 11.6. The topological polar surface area (TPSA) is 43.1 Å². The molecule has 0 aliphatic heterocycles. The summed E-state index contributed by atoms with van der Waals surface area (Å²) >= 11 is 6.24. The first-order valence-electron chi connectivity index (χ1n) is 7.29. The molecular weight excluding hydrogens is 298 g/mol. The first-order chi connectivity index (χ1) is 10.7. The van der Waals surface area contributed by atoms with E-state index in [1.807, 2.05) is 48.5 Å². The van der Waals surface area contributed by atoms with Crippen molar-refractivity contribution in [2.45, 2.75) is 24.8 Å². The molecule has 1 aliphatic carbocycles. The first kappa shape index (κ1) is 14.8. The Morgan fingerprint density at radius 3 is 2.41 bits per heavy atom. The minimum atomic E-state index is -0.639. The Kier molecular flexibility index (Phi) is 4.25. The number of nitro groups is 1. The molecule has 0 amide bonds. The Bertz CT molecular complexity index is 712. The van der Waals surface area contributed by atoms with Crippen LogP contribution in [0.25, 0.3) is 5.57 Å². The number of halogens is 1. The molecule has 0 radical (unpaired) electrons. The molecule has 0 heterocycles. The van der Waals surface area contributed by atoms with Crippen LogP contribution in [0, 0.1) is 10.1 Å². The Labute approximate surface area is 134 Å². The summed E-state index contributed by atoms with van der Waals surface area (Å²) < 4.78 is 0. The zero-order valence-electron chi connectivity index (χ0n) is 12.0. The third-order valence-electron chi connectivity index (χ3n) is 4.23. The Morgan fingerprint density at radius 1 is 1.05 bits per heavy atom. The molecule has 0 spiro atoms. The molecule has 2 aromatic carbocycles. The van der Waals surface area contributed by atoms with Crippen molar-refractivity contribution in [1.29, 1.82) is 0 Å². The summed E-state index contributed by atoms with van der Waals surface area (Å²) in [6.45, 7) is 0. The molecular formula is C18H16ClNO2. The van der Waals surface area contributed by atoms with Gasteiger partial charge >= 0.3 is 0 Å². The van der Waals surface area contributed by atoms with Crippen molar-refractivity contribution in [3.63, 3.8) is 0 Å². The van der Waals surface area contributed by atoms with Crippen LogP contribution in [0.1, 0.15) is 29.9 Å². The summed E-state index contributed by atoms with van der Waals surface area (Å²) in [4.78, 5) is 11.4. The van der Waals surface area contributed by atoms with Crippen LogP contribution in [-0.2, 0) is 0 Å². The molecule has 0 unspecified atom stereocenters. The Morgan fingerprint density at radius 2 is 1.73 bits per heavy atom. The van der Waals surface area contributed by atoms with E-state index < -0.39 is 6.04 Å². The van der Waals surface area contributed by atoms with Crippen LogP contribution < -0.4 is 0 Å². The maximum Gasteiger partial charge on any atom is 0.224 e. The summed E-state index contributed by atoms with van der Waals surface area (Å²) in [6.07, 6.45) is 3.19. The van der Waals surface area contributed by atoms with E-state index in [-0.39, 0.29) is 10.8 Å². The van der Waals surface area contributed by atoms with Gasteiger partial charge < -0.3 is 0 Å². The zero-order valence-corrected chi connectivity index (χ0v) is 12.7. The molecule has 3 nitrogen and oxygen atoms in total. The van der Waals surface area contributed by atoms with E-state index in [2.05, 4.69) is 6.08 Å². The molecule has 112 valence electrons. The molecule has 4 heteroatoms. The Balaban J connectivity index is 1.95. The molecule has 0 aromatic heterocycles. The third kappa shape index (κ3) is 2.90. The monoisotopic (exact) mass is 313 g/mol. The number of rotatable bonds is 3. The SMILES string of the molecule is O=[N+]([O-])[C@H]1CC(c2ccccc2)=CC[C@@H]1c1ccccc1Cl. The smallest absolute Gasteiger partial charge is 0.224 e. The predicted octanol–water partition coefficient (Wildman–Crippen LogP) is 4.95. The van der Waals surface area contributed by atoms with Gasteiger partial charge in [0.1, 0.15) is 0 Å². The molecule has 1 aliphatic rings. The molecule has 3 rings (SSSR count). The number of benzene rings is 2. The van der Waals surface area contributed by atoms with Crippen molar-refractivity contribution in [3.05, 3.63) is 86.9 Å². The van der Waals surface area contributed by atoms with Crippen molar-refractivity contribution in [2.75, 3.05) is 0 Å². The van der Waals surface area contributed by atoms with Crippen LogP contribution in [0.5, 0.6) is 0 Å². The van der Waals surface area contributed by atoms with Gasteiger partial charge in [-0.3, -0.25) is 10.1 Å². The summed E-state index contributed by atoms with van der Waals surface area (Å²) in [5, 5.41) is 12.2. The molecule has 2 atom stereocenters. The summed E-state index contributed by atoms with van der Waals surface area (Å²) in [5.41, 5.74) is 2.98. The van der Waals surface area contributed by atoms with Gasteiger partial charge in [0, 0.05) is 16.4 Å². The molecule has 22 heavy (non-hydrogen) atoms. The van der Waals surface area contributed by atoms with E-state index in [1.165, 1.54) is 0 Å². The molecule has 0 N–H and O–H groups in total. The lowest BCUT2D eigenvalue weighted by molar-refractivity contribution is -0.526. The highest BCUT2D eigenvalue weighted by atomic mass is 35.5. The second kappa shape index (κ2) is 6.32. The van der Waals surface area contributed by atoms with Crippen molar-refractivity contribution in [1.82, 2.24) is 0 Å². The number of nitrogens with zero attached hydrogens (tertiary/aromatic N) is 1. The van der Waals surface area contributed by atoms with Gasteiger partial charge in [-0.2, -0.15) is 0 Å². The maximum atomic E-state index is 11.6. The first-order valence-corrected chi connectivity index (χ1v) is 7.67. The number of hydrogen-bond acceptors (Lipinski definition) is 2. The van der Waals surface area contributed by atoms with E-state index in [1.54, 1.807) is 6.07 Å². The van der Waals surface area contributed by atoms with Crippen molar-refractivity contribution >= 4 is 17.2 Å². The predicted molar refractivity (Wildman–Crippen MR) is 88.6 cm³/mol. The minimum absolute atomic E-state index is 0.163. The van der Waals surface area contributed by atoms with E-state index in [0.29, 0.717) is 17.9 Å². The van der Waals surface area contributed by atoms with E-state index in [0.717, 1.165) is 16.7 Å². The van der Waals surface area contributed by atoms with Gasteiger partial charge in [-0.25, -0.2) is 0 Å². The second-order valence-electron chi connectivity index (χ2n) is 5.52. The average Bonchev–Trinajstić information content (AvgIpc) is 2.55. The van der Waals surface area contributed by atoms with E-state index >= 15 is 0 Å². The fraction of sp³-hybridized carbons (Fsp3) is 0.222. The van der Waals surface area contributed by atoms with Gasteiger partial charge in [0.2, 0.25) is 6.04 Å². The van der Waals surface area contributed by atoms with Crippen molar-refractivity contribution in [3.8, 4) is 0 Å². The fourth-order valence-electron chi connectivity index (χ4n) is 3.10. The van der Waals surface area contributed by atoms with Crippen molar-refractivity contribution < 1.29 is 4.92 Å². The number of hydrogen-bond donors (Lipinski definition) is 0. The van der Waals surface area contributed by atoms with Gasteiger partial charge in [-0.1, -0.05) is 66.2 Å². The van der Waals surface area contributed by atoms with Crippen LogP contribution in [0.15, 0.2) is 60.7 Å². The Hall–Kier alpha value is -2.13. The van der Waals surface area contributed by atoms with Crippen LogP contribution in [0.3, 0.4) is 0 Å². The van der Waals surface area contributed by atoms with E-state index in [9.17, 15) is 10.1 Å². The van der Waals surface area contributed by atoms with Crippen LogP contribution in [0.4, 0.5) is 0 Å². The summed E-state index contributed by atoms with van der Waals surface area (Å²) in [5.74, 6) is -0.170. The largest absolute Gasteiger partial charge is 0.264 e. The van der Waals surface area contributed by atoms with Gasteiger partial charge in [0.25, 0.3) is 0 Å². The highest BCUT2D eigenvalue weighted by Crippen LogP contribution is 2.39. The van der Waals surface area contributed by atoms with Gasteiger partial charge in [-0.05, 0) is 29.2 Å². The zero-order chi connectivity index (χ0) is 15.5. The normalized spacial score (nSPS) is 21.2. The lowest BCUT2D eigenvalue weighted by atomic mass is 9.79. The third-order valence-corrected chi connectivity index (χ3v) is 4.58. The highest BCUT2D eigenvalue weighted by molar-refractivity contribution is 6.31. The summed E-state index contributed by atoms with van der Waals surface area (Å²) in [7, 11) is 0. The molecule has 0 saturated carbocycles. The highest BCUT2D eigenvalue weighted by Gasteiger charge is 2.37. The minimum Gasteiger partial charge on any atom is -0.264 e. The van der Waals surface area contributed by atoms with Crippen LogP contribution in [0.2, 0.25) is 5.02 Å². The average molecular weight is 314 g/mol. The van der Waals surface area contributed by atoms with Gasteiger partial charge in [0.05, 0.1) is 5.92 Å². The quantitative estimate of drug-likeness (QED) is 0.594. The molecule has 0 bridgehead atoms. The lowest BCUT2D eigenvalue weighted by Crippen LogP contribution is -2.30. The van der Waals surface area contributed by atoms with Crippen molar-refractivity contribution in [2.24, 2.45) is 0 Å². The number of allylic oxidation sites excluding steroid dienone is 1. The molecule has 0 saturated heterocycles. The van der Waals surface area contributed by atoms with E-state index in [4.69, 9.17) is 11.6 Å². The standard InChI is InChI=1S/C18H16ClNO2/c19-17-9-5-4-8-15(17)16-11-10-14(12-18(16)20(21)22)13-6-2-1-3-7-13/h1-10,16,18H,11-12H2/t16-,18+/m1/s1. The van der Waals surface area contributed by atoms with Crippen LogP contribution in [-0.4, -0.2) is 11.0 Å². The molecule has 2 aromatic rings. The second-order valence-corrected chi connectivity index (χ2v) is 5.92. The van der Waals surface area contributed by atoms with Gasteiger partial charge in [0.15, 0.2) is 0 Å². The summed E-state index contributed by atoms with van der Waals surface area (Å²) in [6, 6.07) is 16.6. The van der Waals surface area contributed by atoms with Crippen LogP contribution >= 0.6 is 11.6 Å².